The van der Waals surface area contributed by atoms with Gasteiger partial charge < -0.3 is 14.6 Å². The summed E-state index contributed by atoms with van der Waals surface area (Å²) in [6, 6.07) is 4.83. The standard InChI is InChI=1S/C22H31N3O3/c1-15-10-17-12-23-25(22-4-2-3-9-28-22)19(17)11-18(15)16-5-7-24(8-6-16)20-13-27-14-21(20)26/h10-12,16,20-22,26H,2-9,13-14H2,1H3. The summed E-state index contributed by atoms with van der Waals surface area (Å²) >= 11 is 0. The van der Waals surface area contributed by atoms with Crippen LogP contribution >= 0.6 is 0 Å². The van der Waals surface area contributed by atoms with Gasteiger partial charge in [-0.3, -0.25) is 4.90 Å². The zero-order valence-corrected chi connectivity index (χ0v) is 16.7. The minimum absolute atomic E-state index is 0.0764. The minimum Gasteiger partial charge on any atom is -0.389 e. The second-order valence-electron chi connectivity index (χ2n) is 8.66. The Morgan fingerprint density at radius 2 is 1.96 bits per heavy atom. The molecule has 0 spiro atoms. The summed E-state index contributed by atoms with van der Waals surface area (Å²) in [7, 11) is 0. The Bertz CT molecular complexity index is 822. The Morgan fingerprint density at radius 1 is 1.11 bits per heavy atom. The van der Waals surface area contributed by atoms with Gasteiger partial charge in [0.2, 0.25) is 0 Å². The molecule has 0 aliphatic carbocycles. The molecule has 6 heteroatoms. The lowest BCUT2D eigenvalue weighted by Gasteiger charge is -2.37. The van der Waals surface area contributed by atoms with Crippen molar-refractivity contribution in [2.45, 2.75) is 63.3 Å². The van der Waals surface area contributed by atoms with Crippen LogP contribution < -0.4 is 0 Å². The molecule has 1 aromatic heterocycles. The van der Waals surface area contributed by atoms with Crippen LogP contribution in [0.25, 0.3) is 10.9 Å². The molecule has 3 fully saturated rings. The van der Waals surface area contributed by atoms with Crippen molar-refractivity contribution in [1.29, 1.82) is 0 Å². The highest BCUT2D eigenvalue weighted by molar-refractivity contribution is 5.80. The first kappa shape index (κ1) is 18.6. The molecule has 3 unspecified atom stereocenters. The van der Waals surface area contributed by atoms with Crippen LogP contribution in [0.3, 0.4) is 0 Å². The number of rotatable bonds is 3. The molecule has 0 saturated carbocycles. The van der Waals surface area contributed by atoms with Crippen LogP contribution in [0.5, 0.6) is 0 Å². The summed E-state index contributed by atoms with van der Waals surface area (Å²) in [6.45, 7) is 6.26. The monoisotopic (exact) mass is 385 g/mol. The molecular formula is C22H31N3O3. The van der Waals surface area contributed by atoms with Crippen LogP contribution in [-0.4, -0.2) is 64.8 Å². The summed E-state index contributed by atoms with van der Waals surface area (Å²) in [5.41, 5.74) is 4.02. The summed E-state index contributed by atoms with van der Waals surface area (Å²) in [5.74, 6) is 0.565. The van der Waals surface area contributed by atoms with E-state index in [0.717, 1.165) is 45.4 Å². The number of hydrogen-bond acceptors (Lipinski definition) is 5. The Labute approximate surface area is 166 Å². The van der Waals surface area contributed by atoms with Gasteiger partial charge in [-0.25, -0.2) is 4.68 Å². The van der Waals surface area contributed by atoms with Gasteiger partial charge in [0.25, 0.3) is 0 Å². The summed E-state index contributed by atoms with van der Waals surface area (Å²) in [6.07, 6.45) is 7.39. The van der Waals surface area contributed by atoms with E-state index in [4.69, 9.17) is 9.47 Å². The fourth-order valence-electron chi connectivity index (χ4n) is 5.23. The summed E-state index contributed by atoms with van der Waals surface area (Å²) in [4.78, 5) is 2.42. The topological polar surface area (TPSA) is 59.8 Å². The largest absolute Gasteiger partial charge is 0.389 e. The maximum Gasteiger partial charge on any atom is 0.150 e. The number of fused-ring (bicyclic) bond motifs is 1. The molecule has 3 atom stereocenters. The highest BCUT2D eigenvalue weighted by Gasteiger charge is 2.34. The molecule has 5 rings (SSSR count). The number of aliphatic hydroxyl groups is 1. The zero-order valence-electron chi connectivity index (χ0n) is 16.7. The van der Waals surface area contributed by atoms with Gasteiger partial charge in [-0.05, 0) is 81.3 Å². The van der Waals surface area contributed by atoms with Gasteiger partial charge in [-0.2, -0.15) is 5.10 Å². The van der Waals surface area contributed by atoms with Crippen molar-refractivity contribution in [3.63, 3.8) is 0 Å². The van der Waals surface area contributed by atoms with Crippen molar-refractivity contribution >= 4 is 10.9 Å². The van der Waals surface area contributed by atoms with Crippen LogP contribution in [-0.2, 0) is 9.47 Å². The summed E-state index contributed by atoms with van der Waals surface area (Å²) < 4.78 is 13.5. The molecule has 4 heterocycles. The predicted octanol–water partition coefficient (Wildman–Crippen LogP) is 2.98. The molecule has 152 valence electrons. The second-order valence-corrected chi connectivity index (χ2v) is 8.66. The molecule has 6 nitrogen and oxygen atoms in total. The SMILES string of the molecule is Cc1cc2cnn(C3CCCCO3)c2cc1C1CCN(C2COCC2O)CC1. The minimum atomic E-state index is -0.334. The first-order valence-electron chi connectivity index (χ1n) is 10.8. The number of aromatic nitrogens is 2. The number of piperidine rings is 1. The van der Waals surface area contributed by atoms with Crippen molar-refractivity contribution in [3.8, 4) is 0 Å². The molecule has 0 amide bonds. The van der Waals surface area contributed by atoms with E-state index >= 15 is 0 Å². The fraction of sp³-hybridized carbons (Fsp3) is 0.682. The van der Waals surface area contributed by atoms with E-state index < -0.39 is 0 Å². The molecule has 3 saturated heterocycles. The third kappa shape index (κ3) is 3.36. The van der Waals surface area contributed by atoms with Gasteiger partial charge >= 0.3 is 0 Å². The zero-order chi connectivity index (χ0) is 19.1. The molecule has 0 radical (unpaired) electrons. The fourth-order valence-corrected chi connectivity index (χ4v) is 5.23. The van der Waals surface area contributed by atoms with E-state index in [1.165, 1.54) is 28.5 Å². The number of likely N-dealkylation sites (tertiary alicyclic amines) is 1. The average molecular weight is 386 g/mol. The van der Waals surface area contributed by atoms with Crippen molar-refractivity contribution in [1.82, 2.24) is 14.7 Å². The van der Waals surface area contributed by atoms with Crippen molar-refractivity contribution in [2.24, 2.45) is 0 Å². The van der Waals surface area contributed by atoms with Crippen LogP contribution in [0, 0.1) is 6.92 Å². The van der Waals surface area contributed by atoms with E-state index in [9.17, 15) is 5.11 Å². The number of aryl methyl sites for hydroxylation is 1. The molecule has 3 aliphatic heterocycles. The van der Waals surface area contributed by atoms with Crippen molar-refractivity contribution < 1.29 is 14.6 Å². The predicted molar refractivity (Wildman–Crippen MR) is 107 cm³/mol. The lowest BCUT2D eigenvalue weighted by atomic mass is 9.85. The van der Waals surface area contributed by atoms with Gasteiger partial charge in [0.15, 0.2) is 6.23 Å². The smallest absolute Gasteiger partial charge is 0.150 e. The third-order valence-corrected chi connectivity index (χ3v) is 6.87. The Kier molecular flexibility index (Phi) is 5.13. The van der Waals surface area contributed by atoms with E-state index in [1.807, 2.05) is 6.20 Å². The maximum atomic E-state index is 10.1. The molecule has 1 N–H and O–H groups in total. The van der Waals surface area contributed by atoms with Gasteiger partial charge in [0, 0.05) is 12.0 Å². The van der Waals surface area contributed by atoms with E-state index in [0.29, 0.717) is 19.1 Å². The molecule has 2 aromatic rings. The molecular weight excluding hydrogens is 354 g/mol. The number of hydrogen-bond donors (Lipinski definition) is 1. The van der Waals surface area contributed by atoms with Crippen LogP contribution in [0.2, 0.25) is 0 Å². The van der Waals surface area contributed by atoms with Crippen molar-refractivity contribution in [3.05, 3.63) is 29.5 Å². The maximum absolute atomic E-state index is 10.1. The van der Waals surface area contributed by atoms with Crippen LogP contribution in [0.4, 0.5) is 0 Å². The molecule has 28 heavy (non-hydrogen) atoms. The average Bonchev–Trinajstić information content (AvgIpc) is 3.34. The van der Waals surface area contributed by atoms with Crippen molar-refractivity contribution in [2.75, 3.05) is 32.9 Å². The Hall–Kier alpha value is -1.47. The number of benzene rings is 1. The Balaban J connectivity index is 1.36. The quantitative estimate of drug-likeness (QED) is 0.880. The number of nitrogens with zero attached hydrogens (tertiary/aromatic N) is 3. The third-order valence-electron chi connectivity index (χ3n) is 6.87. The normalized spacial score (nSPS) is 30.3. The van der Waals surface area contributed by atoms with Gasteiger partial charge in [-0.15, -0.1) is 0 Å². The lowest BCUT2D eigenvalue weighted by Crippen LogP contribution is -2.46. The van der Waals surface area contributed by atoms with Crippen LogP contribution in [0.15, 0.2) is 18.3 Å². The van der Waals surface area contributed by atoms with Gasteiger partial charge in [0.05, 0.1) is 37.1 Å². The second kappa shape index (κ2) is 7.75. The first-order valence-corrected chi connectivity index (χ1v) is 10.8. The van der Waals surface area contributed by atoms with Crippen LogP contribution in [0.1, 0.15) is 55.4 Å². The van der Waals surface area contributed by atoms with E-state index in [2.05, 4.69) is 33.7 Å². The number of ether oxygens (including phenoxy) is 2. The highest BCUT2D eigenvalue weighted by Crippen LogP contribution is 2.35. The van der Waals surface area contributed by atoms with E-state index in [1.54, 1.807) is 0 Å². The lowest BCUT2D eigenvalue weighted by molar-refractivity contribution is -0.0366. The summed E-state index contributed by atoms with van der Waals surface area (Å²) in [5, 5.41) is 16.0. The first-order chi connectivity index (χ1) is 13.7. The molecule has 1 aromatic carbocycles. The molecule has 0 bridgehead atoms. The van der Waals surface area contributed by atoms with Gasteiger partial charge in [0.1, 0.15) is 0 Å². The molecule has 3 aliphatic rings. The van der Waals surface area contributed by atoms with Gasteiger partial charge in [-0.1, -0.05) is 0 Å². The Morgan fingerprint density at radius 3 is 2.68 bits per heavy atom. The number of aliphatic hydroxyl groups excluding tert-OH is 1. The highest BCUT2D eigenvalue weighted by atomic mass is 16.5. The van der Waals surface area contributed by atoms with E-state index in [-0.39, 0.29) is 18.4 Å².